The average molecular weight is 386 g/mol. The predicted molar refractivity (Wildman–Crippen MR) is 111 cm³/mol. The number of rotatable bonds is 4. The van der Waals surface area contributed by atoms with Crippen LogP contribution in [0.15, 0.2) is 60.8 Å². The number of fused-ring (bicyclic) bond motifs is 2. The number of ether oxygens (including phenoxy) is 2. The molecule has 5 rings (SSSR count). The van der Waals surface area contributed by atoms with Crippen molar-refractivity contribution in [1.29, 1.82) is 0 Å². The van der Waals surface area contributed by atoms with Crippen LogP contribution in [0.2, 0.25) is 0 Å². The summed E-state index contributed by atoms with van der Waals surface area (Å²) < 4.78 is 12.5. The summed E-state index contributed by atoms with van der Waals surface area (Å²) in [5.74, 6) is 1.83. The van der Waals surface area contributed by atoms with Crippen LogP contribution in [0, 0.1) is 0 Å². The lowest BCUT2D eigenvalue weighted by atomic mass is 10.2. The van der Waals surface area contributed by atoms with Crippen LogP contribution in [0.4, 0.5) is 0 Å². The Kier molecular flexibility index (Phi) is 3.87. The van der Waals surface area contributed by atoms with Crippen molar-refractivity contribution in [3.63, 3.8) is 0 Å². The molecule has 0 atom stereocenters. The number of aromatic hydroxyl groups is 1. The molecule has 7 heteroatoms. The van der Waals surface area contributed by atoms with E-state index >= 15 is 0 Å². The zero-order valence-corrected chi connectivity index (χ0v) is 15.9. The Morgan fingerprint density at radius 3 is 2.45 bits per heavy atom. The van der Waals surface area contributed by atoms with Gasteiger partial charge in [0.2, 0.25) is 5.88 Å². The Labute approximate surface area is 166 Å². The summed E-state index contributed by atoms with van der Waals surface area (Å²) in [4.78, 5) is 12.4. The van der Waals surface area contributed by atoms with Gasteiger partial charge in [-0.1, -0.05) is 12.1 Å². The lowest BCUT2D eigenvalue weighted by Crippen LogP contribution is -1.96. The number of para-hydroxylation sites is 2. The first-order valence-electron chi connectivity index (χ1n) is 9.06. The highest BCUT2D eigenvalue weighted by molar-refractivity contribution is 5.97. The fraction of sp³-hybridized carbons (Fsp3) is 0.0909. The number of benzene rings is 2. The van der Waals surface area contributed by atoms with Gasteiger partial charge in [0, 0.05) is 24.4 Å². The molecule has 0 aliphatic heterocycles. The highest BCUT2D eigenvalue weighted by atomic mass is 16.5. The first kappa shape index (κ1) is 17.1. The van der Waals surface area contributed by atoms with Crippen LogP contribution in [0.1, 0.15) is 0 Å². The zero-order chi connectivity index (χ0) is 20.0. The first-order chi connectivity index (χ1) is 14.2. The van der Waals surface area contributed by atoms with Gasteiger partial charge in [-0.3, -0.25) is 9.55 Å². The third-order valence-corrected chi connectivity index (χ3v) is 4.92. The second-order valence-corrected chi connectivity index (χ2v) is 6.58. The molecule has 5 aromatic rings. The van der Waals surface area contributed by atoms with Gasteiger partial charge in [-0.25, -0.2) is 4.98 Å². The lowest BCUT2D eigenvalue weighted by Gasteiger charge is -2.11. The largest absolute Gasteiger partial charge is 0.497 e. The molecule has 0 aliphatic carbocycles. The SMILES string of the molecule is COc1cc(OC)cc(-n2c(O)c(-c3nc4ccccc4[nH]3)c3ncccc32)c1. The quantitative estimate of drug-likeness (QED) is 0.481. The molecule has 3 aromatic heterocycles. The van der Waals surface area contributed by atoms with Gasteiger partial charge in [-0.2, -0.15) is 0 Å². The molecule has 0 saturated carbocycles. The summed E-state index contributed by atoms with van der Waals surface area (Å²) in [6.45, 7) is 0. The van der Waals surface area contributed by atoms with Crippen LogP contribution in [0.3, 0.4) is 0 Å². The van der Waals surface area contributed by atoms with Crippen LogP contribution in [-0.2, 0) is 0 Å². The van der Waals surface area contributed by atoms with Gasteiger partial charge in [0.05, 0.1) is 36.5 Å². The third-order valence-electron chi connectivity index (χ3n) is 4.92. The molecular weight excluding hydrogens is 368 g/mol. The summed E-state index contributed by atoms with van der Waals surface area (Å²) in [6, 6.07) is 16.9. The van der Waals surface area contributed by atoms with Crippen LogP contribution in [-0.4, -0.2) is 38.8 Å². The summed E-state index contributed by atoms with van der Waals surface area (Å²) in [5, 5.41) is 11.3. The van der Waals surface area contributed by atoms with E-state index in [1.165, 1.54) is 0 Å². The van der Waals surface area contributed by atoms with E-state index in [1.807, 2.05) is 48.5 Å². The number of hydrogen-bond acceptors (Lipinski definition) is 5. The molecule has 0 bridgehead atoms. The maximum absolute atomic E-state index is 11.3. The normalized spacial score (nSPS) is 11.2. The van der Waals surface area contributed by atoms with Gasteiger partial charge < -0.3 is 19.6 Å². The molecule has 0 radical (unpaired) electrons. The number of H-pyrrole nitrogens is 1. The fourth-order valence-electron chi connectivity index (χ4n) is 3.57. The van der Waals surface area contributed by atoms with E-state index in [2.05, 4.69) is 15.0 Å². The molecule has 29 heavy (non-hydrogen) atoms. The van der Waals surface area contributed by atoms with Crippen molar-refractivity contribution in [2.75, 3.05) is 14.2 Å². The number of nitrogens with one attached hydrogen (secondary N) is 1. The number of hydrogen-bond donors (Lipinski definition) is 2. The monoisotopic (exact) mass is 386 g/mol. The Hall–Kier alpha value is -4.00. The van der Waals surface area contributed by atoms with Crippen LogP contribution in [0.5, 0.6) is 17.4 Å². The Balaban J connectivity index is 1.82. The molecule has 0 fully saturated rings. The molecular formula is C22H18N4O3. The second-order valence-electron chi connectivity index (χ2n) is 6.58. The Morgan fingerprint density at radius 1 is 0.966 bits per heavy atom. The Bertz CT molecular complexity index is 1300. The number of imidazole rings is 1. The van der Waals surface area contributed by atoms with Crippen molar-refractivity contribution in [3.05, 3.63) is 60.8 Å². The number of aromatic amines is 1. The minimum Gasteiger partial charge on any atom is -0.497 e. The van der Waals surface area contributed by atoms with E-state index in [1.54, 1.807) is 31.0 Å². The standard InChI is InChI=1S/C22H18N4O3/c1-28-14-10-13(11-15(12-14)29-2)26-18-8-5-9-23-20(18)19(22(26)27)21-24-16-6-3-4-7-17(16)25-21/h3-12,27H,1-2H3,(H,24,25). The van der Waals surface area contributed by atoms with Crippen molar-refractivity contribution in [1.82, 2.24) is 19.5 Å². The molecule has 0 unspecified atom stereocenters. The van der Waals surface area contributed by atoms with E-state index in [-0.39, 0.29) is 5.88 Å². The summed E-state index contributed by atoms with van der Waals surface area (Å²) in [7, 11) is 3.18. The summed E-state index contributed by atoms with van der Waals surface area (Å²) >= 11 is 0. The van der Waals surface area contributed by atoms with Gasteiger partial charge in [0.15, 0.2) is 0 Å². The smallest absolute Gasteiger partial charge is 0.209 e. The number of nitrogens with zero attached hydrogens (tertiary/aromatic N) is 3. The molecule has 0 spiro atoms. The second kappa shape index (κ2) is 6.56. The first-order valence-corrected chi connectivity index (χ1v) is 9.06. The fourth-order valence-corrected chi connectivity index (χ4v) is 3.57. The van der Waals surface area contributed by atoms with E-state index in [0.717, 1.165) is 16.6 Å². The van der Waals surface area contributed by atoms with Gasteiger partial charge in [-0.15, -0.1) is 0 Å². The van der Waals surface area contributed by atoms with Gasteiger partial charge in [0.25, 0.3) is 0 Å². The van der Waals surface area contributed by atoms with E-state index in [9.17, 15) is 5.11 Å². The minimum atomic E-state index is 0.0352. The maximum atomic E-state index is 11.3. The van der Waals surface area contributed by atoms with Crippen molar-refractivity contribution >= 4 is 22.1 Å². The third kappa shape index (κ3) is 2.67. The number of pyridine rings is 1. The molecule has 0 saturated heterocycles. The molecule has 144 valence electrons. The molecule has 0 amide bonds. The lowest BCUT2D eigenvalue weighted by molar-refractivity contribution is 0.393. The van der Waals surface area contributed by atoms with E-state index in [4.69, 9.17) is 9.47 Å². The van der Waals surface area contributed by atoms with Crippen LogP contribution < -0.4 is 9.47 Å². The average Bonchev–Trinajstić information content (AvgIpc) is 3.30. The predicted octanol–water partition coefficient (Wildman–Crippen LogP) is 4.29. The van der Waals surface area contributed by atoms with Crippen LogP contribution >= 0.6 is 0 Å². The summed E-state index contributed by atoms with van der Waals surface area (Å²) in [5.41, 5.74) is 4.34. The summed E-state index contributed by atoms with van der Waals surface area (Å²) in [6.07, 6.45) is 1.70. The zero-order valence-electron chi connectivity index (χ0n) is 15.9. The number of aromatic nitrogens is 4. The van der Waals surface area contributed by atoms with Gasteiger partial charge in [-0.05, 0) is 24.3 Å². The van der Waals surface area contributed by atoms with E-state index < -0.39 is 0 Å². The highest BCUT2D eigenvalue weighted by Crippen LogP contribution is 2.40. The molecule has 0 aliphatic rings. The Morgan fingerprint density at radius 2 is 1.72 bits per heavy atom. The molecule has 2 N–H and O–H groups in total. The van der Waals surface area contributed by atoms with E-state index in [0.29, 0.717) is 34.1 Å². The molecule has 3 heterocycles. The van der Waals surface area contributed by atoms with Crippen LogP contribution in [0.25, 0.3) is 39.1 Å². The maximum Gasteiger partial charge on any atom is 0.209 e. The van der Waals surface area contributed by atoms with Crippen molar-refractivity contribution in [2.24, 2.45) is 0 Å². The van der Waals surface area contributed by atoms with Gasteiger partial charge in [0.1, 0.15) is 28.4 Å². The minimum absolute atomic E-state index is 0.0352. The molecule has 2 aromatic carbocycles. The van der Waals surface area contributed by atoms with Gasteiger partial charge >= 0.3 is 0 Å². The van der Waals surface area contributed by atoms with Crippen molar-refractivity contribution in [2.45, 2.75) is 0 Å². The topological polar surface area (TPSA) is 85.2 Å². The molecule has 7 nitrogen and oxygen atoms in total. The van der Waals surface area contributed by atoms with Crippen molar-refractivity contribution < 1.29 is 14.6 Å². The van der Waals surface area contributed by atoms with Crippen molar-refractivity contribution in [3.8, 4) is 34.5 Å². The highest BCUT2D eigenvalue weighted by Gasteiger charge is 2.23. The number of methoxy groups -OCH3 is 2.